The minimum absolute atomic E-state index is 0.341. The molecule has 3 heteroatoms. The molecule has 0 radical (unpaired) electrons. The van der Waals surface area contributed by atoms with Crippen LogP contribution in [0, 0.1) is 11.6 Å². The molecular weight excluding hydrogens is 268 g/mol. The third-order valence-corrected chi connectivity index (χ3v) is 4.35. The number of hydrogen-bond acceptors (Lipinski definition) is 1. The molecule has 0 saturated heterocycles. The van der Waals surface area contributed by atoms with Crippen LogP contribution in [0.25, 0.3) is 0 Å². The van der Waals surface area contributed by atoms with E-state index in [1.54, 1.807) is 0 Å². The lowest BCUT2D eigenvalue weighted by atomic mass is 9.79. The highest BCUT2D eigenvalue weighted by Gasteiger charge is 2.22. The van der Waals surface area contributed by atoms with Crippen LogP contribution >= 0.6 is 0 Å². The molecule has 1 aliphatic carbocycles. The van der Waals surface area contributed by atoms with Crippen molar-refractivity contribution in [1.29, 1.82) is 0 Å². The SMILES string of the molecule is NC(CC1CCCc2ccccc21)c1cc(F)cc(F)c1. The standard InChI is InChI=1S/C18H19F2N/c19-15-8-14(9-16(20)11-15)18(21)10-13-6-3-5-12-4-1-2-7-17(12)13/h1-2,4,7-9,11,13,18H,3,5-6,10,21H2. The van der Waals surface area contributed by atoms with Gasteiger partial charge in [0.15, 0.2) is 0 Å². The average molecular weight is 287 g/mol. The summed E-state index contributed by atoms with van der Waals surface area (Å²) in [4.78, 5) is 0. The first-order valence-electron chi connectivity index (χ1n) is 7.43. The second kappa shape index (κ2) is 5.94. The van der Waals surface area contributed by atoms with Gasteiger partial charge in [0.05, 0.1) is 0 Å². The van der Waals surface area contributed by atoms with E-state index in [-0.39, 0.29) is 6.04 Å². The van der Waals surface area contributed by atoms with Gasteiger partial charge in [0, 0.05) is 12.1 Å². The maximum Gasteiger partial charge on any atom is 0.126 e. The molecule has 0 amide bonds. The topological polar surface area (TPSA) is 26.0 Å². The zero-order valence-electron chi connectivity index (χ0n) is 11.9. The van der Waals surface area contributed by atoms with Gasteiger partial charge in [-0.05, 0) is 60.4 Å². The smallest absolute Gasteiger partial charge is 0.126 e. The van der Waals surface area contributed by atoms with Crippen LogP contribution in [0.4, 0.5) is 8.78 Å². The predicted molar refractivity (Wildman–Crippen MR) is 80.0 cm³/mol. The molecule has 21 heavy (non-hydrogen) atoms. The molecule has 110 valence electrons. The predicted octanol–water partition coefficient (Wildman–Crippen LogP) is 4.47. The van der Waals surface area contributed by atoms with E-state index in [2.05, 4.69) is 18.2 Å². The van der Waals surface area contributed by atoms with Crippen molar-refractivity contribution in [2.24, 2.45) is 5.73 Å². The normalized spacial score (nSPS) is 19.1. The molecule has 0 saturated carbocycles. The number of nitrogens with two attached hydrogens (primary N) is 1. The van der Waals surface area contributed by atoms with E-state index >= 15 is 0 Å². The van der Waals surface area contributed by atoms with Crippen molar-refractivity contribution in [1.82, 2.24) is 0 Å². The number of rotatable bonds is 3. The summed E-state index contributed by atoms with van der Waals surface area (Å²) in [7, 11) is 0. The lowest BCUT2D eigenvalue weighted by molar-refractivity contribution is 0.472. The Kier molecular flexibility index (Phi) is 4.02. The van der Waals surface area contributed by atoms with Gasteiger partial charge in [-0.25, -0.2) is 8.78 Å². The fraction of sp³-hybridized carbons (Fsp3) is 0.333. The summed E-state index contributed by atoms with van der Waals surface area (Å²) in [6.45, 7) is 0. The first-order chi connectivity index (χ1) is 10.1. The number of benzene rings is 2. The van der Waals surface area contributed by atoms with Crippen LogP contribution in [-0.2, 0) is 6.42 Å². The Hall–Kier alpha value is -1.74. The summed E-state index contributed by atoms with van der Waals surface area (Å²) in [5.74, 6) is -0.759. The van der Waals surface area contributed by atoms with Gasteiger partial charge in [-0.15, -0.1) is 0 Å². The van der Waals surface area contributed by atoms with Gasteiger partial charge < -0.3 is 5.73 Å². The third-order valence-electron chi connectivity index (χ3n) is 4.35. The van der Waals surface area contributed by atoms with Crippen LogP contribution in [0.3, 0.4) is 0 Å². The minimum Gasteiger partial charge on any atom is -0.324 e. The molecule has 2 atom stereocenters. The first kappa shape index (κ1) is 14.2. The van der Waals surface area contributed by atoms with Crippen LogP contribution in [0.5, 0.6) is 0 Å². The largest absolute Gasteiger partial charge is 0.324 e. The molecule has 2 unspecified atom stereocenters. The fourth-order valence-corrected chi connectivity index (χ4v) is 3.33. The fourth-order valence-electron chi connectivity index (χ4n) is 3.33. The van der Waals surface area contributed by atoms with Crippen LogP contribution in [0.2, 0.25) is 0 Å². The second-order valence-electron chi connectivity index (χ2n) is 5.83. The summed E-state index contributed by atoms with van der Waals surface area (Å²) in [5, 5.41) is 0. The number of halogens is 2. The Labute approximate surface area is 123 Å². The number of hydrogen-bond donors (Lipinski definition) is 1. The molecular formula is C18H19F2N. The Morgan fingerprint density at radius 1 is 1.10 bits per heavy atom. The van der Waals surface area contributed by atoms with Crippen LogP contribution in [0.1, 0.15) is 47.9 Å². The third kappa shape index (κ3) is 3.13. The second-order valence-corrected chi connectivity index (χ2v) is 5.83. The van der Waals surface area contributed by atoms with Crippen molar-refractivity contribution < 1.29 is 8.78 Å². The highest BCUT2D eigenvalue weighted by Crippen LogP contribution is 2.37. The quantitative estimate of drug-likeness (QED) is 0.885. The first-order valence-corrected chi connectivity index (χ1v) is 7.43. The van der Waals surface area contributed by atoms with E-state index in [4.69, 9.17) is 5.73 Å². The summed E-state index contributed by atoms with van der Waals surface area (Å²) in [6.07, 6.45) is 4.06. The molecule has 0 aromatic heterocycles. The molecule has 0 aliphatic heterocycles. The van der Waals surface area contributed by atoms with Crippen molar-refractivity contribution in [3.63, 3.8) is 0 Å². The lowest BCUT2D eigenvalue weighted by Gasteiger charge is -2.28. The van der Waals surface area contributed by atoms with E-state index in [9.17, 15) is 8.78 Å². The van der Waals surface area contributed by atoms with Crippen molar-refractivity contribution >= 4 is 0 Å². The summed E-state index contributed by atoms with van der Waals surface area (Å²) in [6, 6.07) is 11.6. The van der Waals surface area contributed by atoms with Gasteiger partial charge in [0.1, 0.15) is 11.6 Å². The molecule has 1 nitrogen and oxygen atoms in total. The van der Waals surface area contributed by atoms with Gasteiger partial charge >= 0.3 is 0 Å². The van der Waals surface area contributed by atoms with Crippen molar-refractivity contribution in [2.45, 2.75) is 37.6 Å². The zero-order valence-corrected chi connectivity index (χ0v) is 11.9. The average Bonchev–Trinajstić information content (AvgIpc) is 2.46. The number of aryl methyl sites for hydroxylation is 1. The minimum atomic E-state index is -0.565. The number of fused-ring (bicyclic) bond motifs is 1. The van der Waals surface area contributed by atoms with Gasteiger partial charge in [0.25, 0.3) is 0 Å². The van der Waals surface area contributed by atoms with E-state index in [0.717, 1.165) is 31.7 Å². The molecule has 2 aromatic rings. The maximum absolute atomic E-state index is 13.3. The Bertz CT molecular complexity index is 619. The van der Waals surface area contributed by atoms with E-state index < -0.39 is 11.6 Å². The summed E-state index contributed by atoms with van der Waals surface area (Å²) >= 11 is 0. The zero-order chi connectivity index (χ0) is 14.8. The van der Waals surface area contributed by atoms with Gasteiger partial charge in [0.2, 0.25) is 0 Å². The Morgan fingerprint density at radius 2 is 1.81 bits per heavy atom. The van der Waals surface area contributed by atoms with Crippen molar-refractivity contribution in [3.05, 3.63) is 70.8 Å². The molecule has 1 aliphatic rings. The van der Waals surface area contributed by atoms with Crippen LogP contribution < -0.4 is 5.73 Å². The molecule has 0 heterocycles. The summed E-state index contributed by atoms with van der Waals surface area (Å²) in [5.41, 5.74) is 9.45. The molecule has 3 rings (SSSR count). The van der Waals surface area contributed by atoms with E-state index in [1.807, 2.05) is 6.07 Å². The molecule has 2 N–H and O–H groups in total. The lowest BCUT2D eigenvalue weighted by Crippen LogP contribution is -2.18. The van der Waals surface area contributed by atoms with Crippen molar-refractivity contribution in [3.8, 4) is 0 Å². The van der Waals surface area contributed by atoms with Gasteiger partial charge in [-0.1, -0.05) is 24.3 Å². The maximum atomic E-state index is 13.3. The molecule has 2 aromatic carbocycles. The molecule has 0 fully saturated rings. The summed E-state index contributed by atoms with van der Waals surface area (Å²) < 4.78 is 26.6. The van der Waals surface area contributed by atoms with Gasteiger partial charge in [-0.2, -0.15) is 0 Å². The monoisotopic (exact) mass is 287 g/mol. The van der Waals surface area contributed by atoms with E-state index in [1.165, 1.54) is 23.3 Å². The van der Waals surface area contributed by atoms with Crippen LogP contribution in [-0.4, -0.2) is 0 Å². The van der Waals surface area contributed by atoms with Crippen LogP contribution in [0.15, 0.2) is 42.5 Å². The highest BCUT2D eigenvalue weighted by atomic mass is 19.1. The molecule has 0 spiro atoms. The van der Waals surface area contributed by atoms with Gasteiger partial charge in [-0.3, -0.25) is 0 Å². The highest BCUT2D eigenvalue weighted by molar-refractivity contribution is 5.33. The Morgan fingerprint density at radius 3 is 2.57 bits per heavy atom. The molecule has 0 bridgehead atoms. The van der Waals surface area contributed by atoms with E-state index in [0.29, 0.717) is 11.5 Å². The van der Waals surface area contributed by atoms with Crippen molar-refractivity contribution in [2.75, 3.05) is 0 Å². The Balaban J connectivity index is 1.81.